The number of rotatable bonds is 5. The van der Waals surface area contributed by atoms with E-state index in [1.807, 2.05) is 0 Å². The van der Waals surface area contributed by atoms with Crippen LogP contribution in [0.2, 0.25) is 0 Å². The second-order valence-electron chi connectivity index (χ2n) is 3.97. The van der Waals surface area contributed by atoms with Gasteiger partial charge in [0.1, 0.15) is 6.04 Å². The highest BCUT2D eigenvalue weighted by Crippen LogP contribution is 2.07. The number of hydrogen-bond donors (Lipinski definition) is 3. The van der Waals surface area contributed by atoms with Crippen LogP contribution in [0.25, 0.3) is 0 Å². The monoisotopic (exact) mass is 243 g/mol. The van der Waals surface area contributed by atoms with Gasteiger partial charge in [0.05, 0.1) is 0 Å². The van der Waals surface area contributed by atoms with E-state index in [4.69, 9.17) is 10.6 Å². The van der Waals surface area contributed by atoms with Crippen LogP contribution < -0.4 is 16.6 Å². The summed E-state index contributed by atoms with van der Waals surface area (Å²) in [6.45, 7) is 2.03. The summed E-state index contributed by atoms with van der Waals surface area (Å²) in [7, 11) is 3.44. The lowest BCUT2D eigenvalue weighted by Crippen LogP contribution is -2.49. The standard InChI is InChI=1S/C10H21N5O2/c1-15-6-4-8(9(15)16)13-10(14-11)12-5-3-7-17-2/h8H,3-7,11H2,1-2H3,(H2,12,13,14). The Balaban J connectivity index is 2.38. The molecule has 1 aliphatic rings. The fourth-order valence-electron chi connectivity index (χ4n) is 1.65. The van der Waals surface area contributed by atoms with Crippen molar-refractivity contribution in [1.82, 2.24) is 15.6 Å². The predicted octanol–water partition coefficient (Wildman–Crippen LogP) is -1.34. The van der Waals surface area contributed by atoms with Crippen LogP contribution in [0, 0.1) is 0 Å². The molecule has 1 amide bonds. The Labute approximate surface area is 101 Å². The van der Waals surface area contributed by atoms with Gasteiger partial charge in [-0.2, -0.15) is 0 Å². The number of aliphatic imine (C=N–C) groups is 1. The summed E-state index contributed by atoms with van der Waals surface area (Å²) in [6.07, 6.45) is 1.59. The van der Waals surface area contributed by atoms with Crippen LogP contribution in [0.15, 0.2) is 4.99 Å². The molecule has 1 heterocycles. The smallest absolute Gasteiger partial charge is 0.244 e. The first kappa shape index (κ1) is 13.7. The SMILES string of the molecule is COCCCN=C(NN)NC1CCN(C)C1=O. The van der Waals surface area contributed by atoms with E-state index in [0.29, 0.717) is 19.1 Å². The van der Waals surface area contributed by atoms with Gasteiger partial charge in [0.15, 0.2) is 0 Å². The Bertz CT molecular complexity index is 282. The Morgan fingerprint density at radius 1 is 1.71 bits per heavy atom. The second-order valence-corrected chi connectivity index (χ2v) is 3.97. The minimum absolute atomic E-state index is 0.0739. The number of nitrogens with one attached hydrogen (secondary N) is 2. The van der Waals surface area contributed by atoms with E-state index in [9.17, 15) is 4.79 Å². The lowest BCUT2D eigenvalue weighted by molar-refractivity contribution is -0.127. The molecule has 17 heavy (non-hydrogen) atoms. The van der Waals surface area contributed by atoms with Crippen molar-refractivity contribution in [3.63, 3.8) is 0 Å². The van der Waals surface area contributed by atoms with E-state index in [1.165, 1.54) is 0 Å². The van der Waals surface area contributed by atoms with E-state index in [2.05, 4.69) is 15.7 Å². The van der Waals surface area contributed by atoms with Crippen molar-refractivity contribution in [2.75, 3.05) is 33.9 Å². The number of nitrogens with two attached hydrogens (primary N) is 1. The molecule has 7 nitrogen and oxygen atoms in total. The Morgan fingerprint density at radius 2 is 2.47 bits per heavy atom. The van der Waals surface area contributed by atoms with Crippen molar-refractivity contribution in [3.8, 4) is 0 Å². The van der Waals surface area contributed by atoms with Gasteiger partial charge in [0, 0.05) is 33.9 Å². The van der Waals surface area contributed by atoms with E-state index >= 15 is 0 Å². The molecule has 0 bridgehead atoms. The second kappa shape index (κ2) is 7.08. The van der Waals surface area contributed by atoms with Gasteiger partial charge >= 0.3 is 0 Å². The van der Waals surface area contributed by atoms with Gasteiger partial charge in [-0.05, 0) is 12.8 Å². The number of methoxy groups -OCH3 is 1. The van der Waals surface area contributed by atoms with Crippen molar-refractivity contribution < 1.29 is 9.53 Å². The van der Waals surface area contributed by atoms with Gasteiger partial charge in [-0.15, -0.1) is 0 Å². The van der Waals surface area contributed by atoms with Gasteiger partial charge in [0.25, 0.3) is 0 Å². The lowest BCUT2D eigenvalue weighted by Gasteiger charge is -2.14. The number of guanidine groups is 1. The van der Waals surface area contributed by atoms with E-state index in [-0.39, 0.29) is 11.9 Å². The first-order chi connectivity index (χ1) is 8.19. The van der Waals surface area contributed by atoms with E-state index < -0.39 is 0 Å². The highest BCUT2D eigenvalue weighted by Gasteiger charge is 2.29. The number of ether oxygens (including phenoxy) is 1. The number of nitrogens with zero attached hydrogens (tertiary/aromatic N) is 2. The molecule has 0 aromatic carbocycles. The van der Waals surface area contributed by atoms with Gasteiger partial charge < -0.3 is 15.0 Å². The average Bonchev–Trinajstić information content (AvgIpc) is 2.64. The summed E-state index contributed by atoms with van der Waals surface area (Å²) in [5, 5.41) is 3.00. The first-order valence-corrected chi connectivity index (χ1v) is 5.70. The Kier molecular flexibility index (Phi) is 5.71. The molecule has 1 fully saturated rings. The third-order valence-electron chi connectivity index (χ3n) is 2.65. The van der Waals surface area contributed by atoms with Crippen molar-refractivity contribution >= 4 is 11.9 Å². The molecule has 0 saturated carbocycles. The van der Waals surface area contributed by atoms with Gasteiger partial charge in [-0.1, -0.05) is 0 Å². The normalized spacial score (nSPS) is 20.9. The van der Waals surface area contributed by atoms with Crippen molar-refractivity contribution in [1.29, 1.82) is 0 Å². The maximum Gasteiger partial charge on any atom is 0.244 e. The van der Waals surface area contributed by atoms with Crippen LogP contribution in [-0.2, 0) is 9.53 Å². The largest absolute Gasteiger partial charge is 0.385 e. The lowest BCUT2D eigenvalue weighted by atomic mass is 10.2. The maximum absolute atomic E-state index is 11.7. The van der Waals surface area contributed by atoms with Crippen LogP contribution >= 0.6 is 0 Å². The van der Waals surface area contributed by atoms with Crippen molar-refractivity contribution in [2.24, 2.45) is 10.8 Å². The summed E-state index contributed by atoms with van der Waals surface area (Å²) in [4.78, 5) is 17.6. The zero-order chi connectivity index (χ0) is 12.7. The van der Waals surface area contributed by atoms with Crippen LogP contribution in [0.3, 0.4) is 0 Å². The average molecular weight is 243 g/mol. The maximum atomic E-state index is 11.7. The number of carbonyl (C=O) groups is 1. The zero-order valence-electron chi connectivity index (χ0n) is 10.4. The number of likely N-dealkylation sites (tertiary alicyclic amines) is 1. The van der Waals surface area contributed by atoms with Crippen molar-refractivity contribution in [3.05, 3.63) is 0 Å². The summed E-state index contributed by atoms with van der Waals surface area (Å²) in [6, 6.07) is -0.225. The number of likely N-dealkylation sites (N-methyl/N-ethyl adjacent to an activating group) is 1. The molecule has 1 unspecified atom stereocenters. The molecule has 1 aliphatic heterocycles. The minimum Gasteiger partial charge on any atom is -0.385 e. The van der Waals surface area contributed by atoms with Gasteiger partial charge in [0.2, 0.25) is 11.9 Å². The third-order valence-corrected chi connectivity index (χ3v) is 2.65. The number of carbonyl (C=O) groups excluding carboxylic acids is 1. The molecule has 4 N–H and O–H groups in total. The summed E-state index contributed by atoms with van der Waals surface area (Å²) < 4.78 is 4.92. The fraction of sp³-hybridized carbons (Fsp3) is 0.800. The molecule has 7 heteroatoms. The molecule has 0 radical (unpaired) electrons. The Hall–Kier alpha value is -1.34. The Morgan fingerprint density at radius 3 is 3.00 bits per heavy atom. The molecular formula is C10H21N5O2. The van der Waals surface area contributed by atoms with E-state index in [1.54, 1.807) is 19.1 Å². The van der Waals surface area contributed by atoms with Gasteiger partial charge in [-0.3, -0.25) is 15.2 Å². The summed E-state index contributed by atoms with van der Waals surface area (Å²) >= 11 is 0. The molecule has 1 saturated heterocycles. The van der Waals surface area contributed by atoms with E-state index in [0.717, 1.165) is 19.4 Å². The molecule has 0 spiro atoms. The zero-order valence-corrected chi connectivity index (χ0v) is 10.4. The molecule has 1 atom stereocenters. The fourth-order valence-corrected chi connectivity index (χ4v) is 1.65. The van der Waals surface area contributed by atoms with Crippen LogP contribution in [0.1, 0.15) is 12.8 Å². The molecule has 98 valence electrons. The number of amides is 1. The third kappa shape index (κ3) is 4.20. The molecule has 0 aromatic rings. The quantitative estimate of drug-likeness (QED) is 0.183. The number of hydrazine groups is 1. The molecular weight excluding hydrogens is 222 g/mol. The molecule has 1 rings (SSSR count). The summed E-state index contributed by atoms with van der Waals surface area (Å²) in [5.74, 6) is 5.87. The number of hydrogen-bond acceptors (Lipinski definition) is 4. The molecule has 0 aromatic heterocycles. The van der Waals surface area contributed by atoms with Crippen LogP contribution in [0.5, 0.6) is 0 Å². The molecule has 0 aliphatic carbocycles. The van der Waals surface area contributed by atoms with Crippen molar-refractivity contribution in [2.45, 2.75) is 18.9 Å². The first-order valence-electron chi connectivity index (χ1n) is 5.70. The summed E-state index contributed by atoms with van der Waals surface area (Å²) in [5.41, 5.74) is 2.47. The predicted molar refractivity (Wildman–Crippen MR) is 65.3 cm³/mol. The van der Waals surface area contributed by atoms with Crippen LogP contribution in [-0.4, -0.2) is 56.7 Å². The van der Waals surface area contributed by atoms with Crippen LogP contribution in [0.4, 0.5) is 0 Å². The topological polar surface area (TPSA) is 92.0 Å². The highest BCUT2D eigenvalue weighted by molar-refractivity contribution is 5.89. The highest BCUT2D eigenvalue weighted by atomic mass is 16.5. The minimum atomic E-state index is -0.225. The van der Waals surface area contributed by atoms with Gasteiger partial charge in [-0.25, -0.2) is 5.84 Å².